The number of likely N-dealkylation sites (N-methyl/N-ethyl adjacent to an activating group) is 1. The molecule has 21 heavy (non-hydrogen) atoms. The Balaban J connectivity index is 2.26. The van der Waals surface area contributed by atoms with E-state index < -0.39 is 12.0 Å². The maximum atomic E-state index is 11.6. The highest BCUT2D eigenvalue weighted by molar-refractivity contribution is 6.32. The fourth-order valence-electron chi connectivity index (χ4n) is 2.10. The number of carbonyl (C=O) groups is 1. The zero-order chi connectivity index (χ0) is 15.4. The molecule has 0 spiro atoms. The third kappa shape index (κ3) is 3.53. The van der Waals surface area contributed by atoms with E-state index in [4.69, 9.17) is 20.9 Å². The maximum absolute atomic E-state index is 11.6. The quantitative estimate of drug-likeness (QED) is 0.884. The zero-order valence-corrected chi connectivity index (χ0v) is 12.4. The highest BCUT2D eigenvalue weighted by Gasteiger charge is 2.26. The van der Waals surface area contributed by atoms with Crippen LogP contribution in [-0.4, -0.2) is 35.3 Å². The summed E-state index contributed by atoms with van der Waals surface area (Å²) in [7, 11) is 3.21. The monoisotopic (exact) mass is 310 g/mol. The van der Waals surface area contributed by atoms with Crippen LogP contribution in [0, 0.1) is 0 Å². The SMILES string of the molecule is COc1ccc([C@H](C(=O)O)N(C)Cc2ccon2)cc1Cl. The molecule has 0 aliphatic heterocycles. The van der Waals surface area contributed by atoms with Gasteiger partial charge < -0.3 is 14.4 Å². The number of nitrogens with zero attached hydrogens (tertiary/aromatic N) is 2. The molecular formula is C14H15ClN2O4. The number of hydrogen-bond donors (Lipinski definition) is 1. The normalized spacial score (nSPS) is 12.4. The standard InChI is InChI=1S/C14H15ClN2O4/c1-17(8-10-5-6-21-16-10)13(14(18)19)9-3-4-12(20-2)11(15)7-9/h3-7,13H,8H2,1-2H3,(H,18,19)/t13-/m1/s1. The fourth-order valence-corrected chi connectivity index (χ4v) is 2.37. The van der Waals surface area contributed by atoms with E-state index in [0.29, 0.717) is 28.6 Å². The first-order valence-electron chi connectivity index (χ1n) is 6.18. The Morgan fingerprint density at radius 1 is 1.52 bits per heavy atom. The summed E-state index contributed by atoms with van der Waals surface area (Å²) in [5.74, 6) is -0.467. The largest absolute Gasteiger partial charge is 0.495 e. The van der Waals surface area contributed by atoms with E-state index in [1.165, 1.54) is 13.4 Å². The van der Waals surface area contributed by atoms with E-state index in [-0.39, 0.29) is 0 Å². The van der Waals surface area contributed by atoms with Gasteiger partial charge in [0.15, 0.2) is 0 Å². The molecule has 0 bridgehead atoms. The van der Waals surface area contributed by atoms with E-state index in [1.807, 2.05) is 0 Å². The molecule has 6 nitrogen and oxygen atoms in total. The van der Waals surface area contributed by atoms with Crippen LogP contribution < -0.4 is 4.74 Å². The first kappa shape index (κ1) is 15.3. The average Bonchev–Trinajstić information content (AvgIpc) is 2.91. The molecule has 1 N–H and O–H groups in total. The molecule has 112 valence electrons. The number of carboxylic acid groups (broad SMARTS) is 1. The van der Waals surface area contributed by atoms with Crippen molar-refractivity contribution < 1.29 is 19.2 Å². The molecule has 1 atom stereocenters. The summed E-state index contributed by atoms with van der Waals surface area (Å²) in [5, 5.41) is 13.6. The van der Waals surface area contributed by atoms with Gasteiger partial charge in [0.1, 0.15) is 18.1 Å². The Hall–Kier alpha value is -2.05. The van der Waals surface area contributed by atoms with Gasteiger partial charge in [-0.1, -0.05) is 22.8 Å². The van der Waals surface area contributed by atoms with Gasteiger partial charge in [0.2, 0.25) is 0 Å². The summed E-state index contributed by atoms with van der Waals surface area (Å²) in [6.07, 6.45) is 1.45. The van der Waals surface area contributed by atoms with Crippen molar-refractivity contribution in [2.75, 3.05) is 14.2 Å². The molecule has 1 aromatic carbocycles. The van der Waals surface area contributed by atoms with Crippen LogP contribution in [-0.2, 0) is 11.3 Å². The summed E-state index contributed by atoms with van der Waals surface area (Å²) >= 11 is 6.06. The van der Waals surface area contributed by atoms with Crippen LogP contribution >= 0.6 is 11.6 Å². The molecule has 0 fully saturated rings. The molecule has 0 saturated carbocycles. The third-order valence-corrected chi connectivity index (χ3v) is 3.36. The Morgan fingerprint density at radius 2 is 2.29 bits per heavy atom. The number of methoxy groups -OCH3 is 1. The second-order valence-corrected chi connectivity index (χ2v) is 4.95. The summed E-state index contributed by atoms with van der Waals surface area (Å²) in [4.78, 5) is 13.2. The van der Waals surface area contributed by atoms with Gasteiger partial charge in [-0.25, -0.2) is 0 Å². The third-order valence-electron chi connectivity index (χ3n) is 3.07. The van der Waals surface area contributed by atoms with Crippen LogP contribution in [0.1, 0.15) is 17.3 Å². The van der Waals surface area contributed by atoms with Crippen LogP contribution in [0.3, 0.4) is 0 Å². The molecule has 0 amide bonds. The van der Waals surface area contributed by atoms with Crippen molar-refractivity contribution in [1.29, 1.82) is 0 Å². The van der Waals surface area contributed by atoms with Crippen molar-refractivity contribution in [1.82, 2.24) is 10.1 Å². The molecule has 1 heterocycles. The molecule has 0 aliphatic carbocycles. The van der Waals surface area contributed by atoms with Crippen molar-refractivity contribution in [3.8, 4) is 5.75 Å². The van der Waals surface area contributed by atoms with Gasteiger partial charge in [0.25, 0.3) is 0 Å². The van der Waals surface area contributed by atoms with Crippen LogP contribution in [0.25, 0.3) is 0 Å². The van der Waals surface area contributed by atoms with Gasteiger partial charge in [0.05, 0.1) is 17.8 Å². The second-order valence-electron chi connectivity index (χ2n) is 4.54. The van der Waals surface area contributed by atoms with Crippen molar-refractivity contribution in [2.45, 2.75) is 12.6 Å². The molecule has 0 unspecified atom stereocenters. The van der Waals surface area contributed by atoms with E-state index in [1.54, 1.807) is 36.2 Å². The van der Waals surface area contributed by atoms with Gasteiger partial charge in [-0.3, -0.25) is 9.69 Å². The Kier molecular flexibility index (Phi) is 4.82. The molecule has 0 saturated heterocycles. The number of aromatic nitrogens is 1. The number of benzene rings is 1. The lowest BCUT2D eigenvalue weighted by atomic mass is 10.1. The highest BCUT2D eigenvalue weighted by atomic mass is 35.5. The Labute approximate surface area is 126 Å². The van der Waals surface area contributed by atoms with E-state index in [9.17, 15) is 9.90 Å². The minimum absolute atomic E-state index is 0.344. The Bertz CT molecular complexity index is 615. The molecule has 0 aliphatic rings. The fraction of sp³-hybridized carbons (Fsp3) is 0.286. The lowest BCUT2D eigenvalue weighted by Gasteiger charge is -2.24. The molecule has 1 aromatic heterocycles. The van der Waals surface area contributed by atoms with Gasteiger partial charge >= 0.3 is 5.97 Å². The summed E-state index contributed by atoms with van der Waals surface area (Å²) in [6.45, 7) is 0.344. The molecule has 0 radical (unpaired) electrons. The number of ether oxygens (including phenoxy) is 1. The van der Waals surface area contributed by atoms with Crippen LogP contribution in [0.15, 0.2) is 35.1 Å². The highest BCUT2D eigenvalue weighted by Crippen LogP contribution is 2.30. The molecule has 2 aromatic rings. The summed E-state index contributed by atoms with van der Waals surface area (Å²) < 4.78 is 9.82. The minimum atomic E-state index is -0.970. The lowest BCUT2D eigenvalue weighted by Crippen LogP contribution is -2.30. The average molecular weight is 311 g/mol. The summed E-state index contributed by atoms with van der Waals surface area (Å²) in [6, 6.07) is 5.78. The predicted molar refractivity (Wildman–Crippen MR) is 76.4 cm³/mol. The maximum Gasteiger partial charge on any atom is 0.325 e. The lowest BCUT2D eigenvalue weighted by molar-refractivity contribution is -0.143. The predicted octanol–water partition coefficient (Wildman–Crippen LogP) is 2.59. The van der Waals surface area contributed by atoms with Crippen molar-refractivity contribution in [3.63, 3.8) is 0 Å². The van der Waals surface area contributed by atoms with Crippen molar-refractivity contribution in [2.24, 2.45) is 0 Å². The first-order chi connectivity index (χ1) is 10.0. The van der Waals surface area contributed by atoms with Crippen molar-refractivity contribution >= 4 is 17.6 Å². The van der Waals surface area contributed by atoms with Gasteiger partial charge in [-0.2, -0.15) is 0 Å². The van der Waals surface area contributed by atoms with Crippen molar-refractivity contribution in [3.05, 3.63) is 46.8 Å². The number of carboxylic acids is 1. The minimum Gasteiger partial charge on any atom is -0.495 e. The van der Waals surface area contributed by atoms with Gasteiger partial charge in [-0.15, -0.1) is 0 Å². The Morgan fingerprint density at radius 3 is 2.81 bits per heavy atom. The smallest absolute Gasteiger partial charge is 0.325 e. The second kappa shape index (κ2) is 6.60. The number of aliphatic carboxylic acids is 1. The van der Waals surface area contributed by atoms with Crippen LogP contribution in [0.2, 0.25) is 5.02 Å². The van der Waals surface area contributed by atoms with Gasteiger partial charge in [-0.05, 0) is 24.7 Å². The first-order valence-corrected chi connectivity index (χ1v) is 6.56. The topological polar surface area (TPSA) is 75.8 Å². The van der Waals surface area contributed by atoms with E-state index in [0.717, 1.165) is 0 Å². The van der Waals surface area contributed by atoms with E-state index >= 15 is 0 Å². The van der Waals surface area contributed by atoms with Gasteiger partial charge in [0, 0.05) is 12.6 Å². The number of rotatable bonds is 6. The molecule has 7 heteroatoms. The van der Waals surface area contributed by atoms with E-state index in [2.05, 4.69) is 5.16 Å². The molecular weight excluding hydrogens is 296 g/mol. The van der Waals surface area contributed by atoms with Crippen LogP contribution in [0.4, 0.5) is 0 Å². The zero-order valence-electron chi connectivity index (χ0n) is 11.6. The molecule has 2 rings (SSSR count). The number of hydrogen-bond acceptors (Lipinski definition) is 5. The number of halogens is 1. The van der Waals surface area contributed by atoms with Crippen LogP contribution in [0.5, 0.6) is 5.75 Å². The summed E-state index contributed by atoms with van der Waals surface area (Å²) in [5.41, 5.74) is 1.22.